The van der Waals surface area contributed by atoms with Gasteiger partial charge in [-0.05, 0) is 56.2 Å². The highest BCUT2D eigenvalue weighted by Crippen LogP contribution is 2.28. The van der Waals surface area contributed by atoms with Gasteiger partial charge in [0.25, 0.3) is 0 Å². The van der Waals surface area contributed by atoms with Crippen molar-refractivity contribution >= 4 is 21.0 Å². The van der Waals surface area contributed by atoms with Gasteiger partial charge in [0.1, 0.15) is 16.9 Å². The summed E-state index contributed by atoms with van der Waals surface area (Å²) < 4.78 is 33.1. The van der Waals surface area contributed by atoms with E-state index in [2.05, 4.69) is 4.72 Å². The molecule has 25 heavy (non-hydrogen) atoms. The quantitative estimate of drug-likeness (QED) is 0.733. The van der Waals surface area contributed by atoms with Crippen LogP contribution in [0.4, 0.5) is 0 Å². The Kier molecular flexibility index (Phi) is 4.45. The number of hydrogen-bond donors (Lipinski definition) is 2. The topological polar surface area (TPSA) is 79.5 Å². The number of hydrogen-bond acceptors (Lipinski definition) is 4. The lowest BCUT2D eigenvalue weighted by molar-refractivity contribution is 0.0412. The first-order chi connectivity index (χ1) is 11.7. The maximum absolute atomic E-state index is 12.5. The van der Waals surface area contributed by atoms with E-state index in [1.54, 1.807) is 30.3 Å². The molecule has 6 heteroatoms. The van der Waals surface area contributed by atoms with Crippen LogP contribution < -0.4 is 4.72 Å². The predicted molar refractivity (Wildman–Crippen MR) is 96.9 cm³/mol. The van der Waals surface area contributed by atoms with Crippen LogP contribution >= 0.6 is 0 Å². The van der Waals surface area contributed by atoms with Crippen molar-refractivity contribution in [3.8, 4) is 0 Å². The minimum Gasteiger partial charge on any atom is -0.458 e. The lowest BCUT2D eigenvalue weighted by atomic mass is 10.0. The highest BCUT2D eigenvalue weighted by atomic mass is 32.2. The standard InChI is InChI=1S/C19H21NO4S/c1-13-8-9-16(10-14(13)2)25(22,23)20-12-19(3,21)18-11-15-6-4-5-7-17(15)24-18/h4-11,20-21H,12H2,1-3H3. The molecule has 2 aromatic carbocycles. The molecule has 0 fully saturated rings. The summed E-state index contributed by atoms with van der Waals surface area (Å²) in [6, 6.07) is 14.0. The van der Waals surface area contributed by atoms with Crippen LogP contribution in [-0.2, 0) is 15.6 Å². The molecular formula is C19H21NO4S. The number of aliphatic hydroxyl groups is 1. The minimum absolute atomic E-state index is 0.177. The number of para-hydroxylation sites is 1. The van der Waals surface area contributed by atoms with Crippen molar-refractivity contribution < 1.29 is 17.9 Å². The summed E-state index contributed by atoms with van der Waals surface area (Å²) in [7, 11) is -3.72. The molecule has 1 heterocycles. The van der Waals surface area contributed by atoms with Gasteiger partial charge in [0, 0.05) is 11.9 Å². The largest absolute Gasteiger partial charge is 0.458 e. The van der Waals surface area contributed by atoms with Crippen LogP contribution in [0, 0.1) is 13.8 Å². The molecule has 1 unspecified atom stereocenters. The molecular weight excluding hydrogens is 338 g/mol. The Morgan fingerprint density at radius 1 is 1.08 bits per heavy atom. The van der Waals surface area contributed by atoms with Gasteiger partial charge in [0.05, 0.1) is 4.90 Å². The molecule has 132 valence electrons. The Balaban J connectivity index is 1.81. The van der Waals surface area contributed by atoms with E-state index in [-0.39, 0.29) is 11.4 Å². The highest BCUT2D eigenvalue weighted by molar-refractivity contribution is 7.89. The fourth-order valence-electron chi connectivity index (χ4n) is 2.53. The van der Waals surface area contributed by atoms with Gasteiger partial charge in [0.2, 0.25) is 10.0 Å². The van der Waals surface area contributed by atoms with E-state index in [9.17, 15) is 13.5 Å². The van der Waals surface area contributed by atoms with Crippen molar-refractivity contribution in [1.82, 2.24) is 4.72 Å². The molecule has 1 atom stereocenters. The zero-order valence-corrected chi connectivity index (χ0v) is 15.2. The molecule has 3 rings (SSSR count). The highest BCUT2D eigenvalue weighted by Gasteiger charge is 2.30. The van der Waals surface area contributed by atoms with Crippen LogP contribution in [0.2, 0.25) is 0 Å². The second kappa shape index (κ2) is 6.29. The predicted octanol–water partition coefficient (Wildman–Crippen LogP) is 3.24. The van der Waals surface area contributed by atoms with Gasteiger partial charge < -0.3 is 9.52 Å². The third-order valence-electron chi connectivity index (χ3n) is 4.35. The van der Waals surface area contributed by atoms with E-state index in [1.807, 2.05) is 32.0 Å². The van der Waals surface area contributed by atoms with Crippen molar-refractivity contribution in [1.29, 1.82) is 0 Å². The van der Waals surface area contributed by atoms with Crippen molar-refractivity contribution in [3.63, 3.8) is 0 Å². The number of rotatable bonds is 5. The number of fused-ring (bicyclic) bond motifs is 1. The second-order valence-corrected chi connectivity index (χ2v) is 8.26. The Morgan fingerprint density at radius 3 is 2.48 bits per heavy atom. The van der Waals surface area contributed by atoms with Gasteiger partial charge in [-0.25, -0.2) is 13.1 Å². The molecule has 0 aliphatic heterocycles. The maximum atomic E-state index is 12.5. The number of benzene rings is 2. The molecule has 5 nitrogen and oxygen atoms in total. The molecule has 1 aromatic heterocycles. The summed E-state index contributed by atoms with van der Waals surface area (Å²) in [5, 5.41) is 11.5. The van der Waals surface area contributed by atoms with Gasteiger partial charge in [-0.2, -0.15) is 0 Å². The smallest absolute Gasteiger partial charge is 0.240 e. The summed E-state index contributed by atoms with van der Waals surface area (Å²) >= 11 is 0. The van der Waals surface area contributed by atoms with E-state index in [1.165, 1.54) is 6.92 Å². The molecule has 0 aliphatic rings. The Morgan fingerprint density at radius 2 is 1.80 bits per heavy atom. The first kappa shape index (κ1) is 17.7. The van der Waals surface area contributed by atoms with Crippen molar-refractivity contribution in [3.05, 3.63) is 65.4 Å². The average Bonchev–Trinajstić information content (AvgIpc) is 3.01. The van der Waals surface area contributed by atoms with Crippen LogP contribution in [-0.4, -0.2) is 20.1 Å². The Bertz CT molecular complexity index is 986. The maximum Gasteiger partial charge on any atom is 0.240 e. The van der Waals surface area contributed by atoms with Gasteiger partial charge >= 0.3 is 0 Å². The van der Waals surface area contributed by atoms with Crippen molar-refractivity contribution in [2.75, 3.05) is 6.54 Å². The van der Waals surface area contributed by atoms with E-state index in [0.29, 0.717) is 11.3 Å². The SMILES string of the molecule is Cc1ccc(S(=O)(=O)NCC(C)(O)c2cc3ccccc3o2)cc1C. The number of furan rings is 1. The molecule has 0 saturated carbocycles. The lowest BCUT2D eigenvalue weighted by Crippen LogP contribution is -2.38. The van der Waals surface area contributed by atoms with Crippen LogP contribution in [0.5, 0.6) is 0 Å². The second-order valence-electron chi connectivity index (χ2n) is 6.49. The molecule has 2 N–H and O–H groups in total. The lowest BCUT2D eigenvalue weighted by Gasteiger charge is -2.21. The van der Waals surface area contributed by atoms with E-state index < -0.39 is 15.6 Å². The normalized spacial score (nSPS) is 14.6. The summed E-state index contributed by atoms with van der Waals surface area (Å²) in [4.78, 5) is 0.177. The Labute approximate surface area is 147 Å². The first-order valence-electron chi connectivity index (χ1n) is 7.97. The first-order valence-corrected chi connectivity index (χ1v) is 9.46. The third-order valence-corrected chi connectivity index (χ3v) is 5.75. The molecule has 0 bridgehead atoms. The molecule has 0 amide bonds. The molecule has 0 saturated heterocycles. The molecule has 0 aliphatic carbocycles. The van der Waals surface area contributed by atoms with Crippen molar-refractivity contribution in [2.24, 2.45) is 0 Å². The summed E-state index contributed by atoms with van der Waals surface area (Å²) in [6.07, 6.45) is 0. The van der Waals surface area contributed by atoms with Gasteiger partial charge in [-0.15, -0.1) is 0 Å². The van der Waals surface area contributed by atoms with Gasteiger partial charge in [-0.1, -0.05) is 24.3 Å². The van der Waals surface area contributed by atoms with E-state index >= 15 is 0 Å². The number of nitrogens with one attached hydrogen (secondary N) is 1. The van der Waals surface area contributed by atoms with Crippen molar-refractivity contribution in [2.45, 2.75) is 31.3 Å². The Hall–Kier alpha value is -2.15. The fraction of sp³-hybridized carbons (Fsp3) is 0.263. The number of sulfonamides is 1. The van der Waals surface area contributed by atoms with E-state index in [4.69, 9.17) is 4.42 Å². The zero-order valence-electron chi connectivity index (χ0n) is 14.4. The van der Waals surface area contributed by atoms with Crippen LogP contribution in [0.25, 0.3) is 11.0 Å². The third kappa shape index (κ3) is 3.61. The van der Waals surface area contributed by atoms with Gasteiger partial charge in [-0.3, -0.25) is 0 Å². The molecule has 0 spiro atoms. The fourth-order valence-corrected chi connectivity index (χ4v) is 3.75. The number of aryl methyl sites for hydroxylation is 2. The summed E-state index contributed by atoms with van der Waals surface area (Å²) in [5.74, 6) is 0.316. The summed E-state index contributed by atoms with van der Waals surface area (Å²) in [5.41, 5.74) is 1.10. The summed E-state index contributed by atoms with van der Waals surface area (Å²) in [6.45, 7) is 5.11. The monoisotopic (exact) mass is 359 g/mol. The molecule has 0 radical (unpaired) electrons. The van der Waals surface area contributed by atoms with Crippen LogP contribution in [0.3, 0.4) is 0 Å². The average molecular weight is 359 g/mol. The van der Waals surface area contributed by atoms with Crippen LogP contribution in [0.1, 0.15) is 23.8 Å². The van der Waals surface area contributed by atoms with Gasteiger partial charge in [0.15, 0.2) is 0 Å². The van der Waals surface area contributed by atoms with E-state index in [0.717, 1.165) is 16.5 Å². The molecule has 3 aromatic rings. The minimum atomic E-state index is -3.72. The van der Waals surface area contributed by atoms with Crippen LogP contribution in [0.15, 0.2) is 57.8 Å². The zero-order chi connectivity index (χ0) is 18.2.